The molecular weight excluding hydrogens is 228 g/mol. The van der Waals surface area contributed by atoms with Crippen LogP contribution in [0.2, 0.25) is 0 Å². The summed E-state index contributed by atoms with van der Waals surface area (Å²) in [6.07, 6.45) is 5.16. The number of urea groups is 1. The third-order valence-electron chi connectivity index (χ3n) is 4.34. The first-order valence-electron chi connectivity index (χ1n) is 7.00. The van der Waals surface area contributed by atoms with E-state index in [4.69, 9.17) is 0 Å². The Morgan fingerprint density at radius 1 is 1.28 bits per heavy atom. The van der Waals surface area contributed by atoms with Crippen LogP contribution in [-0.4, -0.2) is 68.2 Å². The van der Waals surface area contributed by atoms with E-state index in [9.17, 15) is 4.79 Å². The highest BCUT2D eigenvalue weighted by atomic mass is 16.2. The molecule has 0 aromatic heterocycles. The standard InChI is InChI=1S/C13H26N4O/c1-14-10-8-11-4-5-12(9-10)17(11)7-6-15-13(18)16(2)3/h10-12,14H,4-9H2,1-3H3,(H,15,18). The zero-order chi connectivity index (χ0) is 13.1. The first-order chi connectivity index (χ1) is 8.61. The lowest BCUT2D eigenvalue weighted by Gasteiger charge is -2.38. The summed E-state index contributed by atoms with van der Waals surface area (Å²) < 4.78 is 0. The Labute approximate surface area is 110 Å². The smallest absolute Gasteiger partial charge is 0.316 e. The van der Waals surface area contributed by atoms with E-state index in [-0.39, 0.29) is 6.03 Å². The highest BCUT2D eigenvalue weighted by Gasteiger charge is 2.39. The second-order valence-electron chi connectivity index (χ2n) is 5.71. The summed E-state index contributed by atoms with van der Waals surface area (Å²) in [6.45, 7) is 1.75. The molecule has 18 heavy (non-hydrogen) atoms. The van der Waals surface area contributed by atoms with Gasteiger partial charge in [-0.25, -0.2) is 4.79 Å². The molecule has 2 saturated heterocycles. The van der Waals surface area contributed by atoms with Crippen LogP contribution in [0, 0.1) is 0 Å². The van der Waals surface area contributed by atoms with Crippen LogP contribution >= 0.6 is 0 Å². The molecule has 2 bridgehead atoms. The first kappa shape index (κ1) is 13.6. The maximum absolute atomic E-state index is 11.4. The first-order valence-corrected chi connectivity index (χ1v) is 7.00. The van der Waals surface area contributed by atoms with Crippen LogP contribution in [0.4, 0.5) is 4.79 Å². The van der Waals surface area contributed by atoms with Crippen LogP contribution in [-0.2, 0) is 0 Å². The van der Waals surface area contributed by atoms with Gasteiger partial charge in [0.15, 0.2) is 0 Å². The van der Waals surface area contributed by atoms with Crippen LogP contribution < -0.4 is 10.6 Å². The van der Waals surface area contributed by atoms with Gasteiger partial charge in [-0.2, -0.15) is 0 Å². The van der Waals surface area contributed by atoms with Gasteiger partial charge in [0.2, 0.25) is 0 Å². The van der Waals surface area contributed by atoms with Crippen molar-refractivity contribution in [3.05, 3.63) is 0 Å². The fourth-order valence-corrected chi connectivity index (χ4v) is 3.33. The van der Waals surface area contributed by atoms with Crippen molar-refractivity contribution in [3.63, 3.8) is 0 Å². The molecule has 2 heterocycles. The Balaban J connectivity index is 1.76. The lowest BCUT2D eigenvalue weighted by Crippen LogP contribution is -2.50. The van der Waals surface area contributed by atoms with Crippen molar-refractivity contribution in [2.45, 2.75) is 43.8 Å². The number of carbonyl (C=O) groups excluding carboxylic acids is 1. The quantitative estimate of drug-likeness (QED) is 0.767. The van der Waals surface area contributed by atoms with E-state index in [1.54, 1.807) is 19.0 Å². The van der Waals surface area contributed by atoms with E-state index in [2.05, 4.69) is 22.6 Å². The van der Waals surface area contributed by atoms with Crippen molar-refractivity contribution >= 4 is 6.03 Å². The predicted molar refractivity (Wildman–Crippen MR) is 72.7 cm³/mol. The maximum Gasteiger partial charge on any atom is 0.316 e. The van der Waals surface area contributed by atoms with Gasteiger partial charge in [0.1, 0.15) is 0 Å². The molecule has 2 unspecified atom stereocenters. The minimum Gasteiger partial charge on any atom is -0.337 e. The molecule has 2 aliphatic heterocycles. The highest BCUT2D eigenvalue weighted by Crippen LogP contribution is 2.35. The third kappa shape index (κ3) is 2.95. The van der Waals surface area contributed by atoms with Gasteiger partial charge in [0, 0.05) is 45.3 Å². The van der Waals surface area contributed by atoms with Crippen molar-refractivity contribution in [1.82, 2.24) is 20.4 Å². The fourth-order valence-electron chi connectivity index (χ4n) is 3.33. The molecule has 5 heteroatoms. The molecule has 0 spiro atoms. The molecule has 0 aromatic rings. The molecule has 2 aliphatic rings. The average Bonchev–Trinajstić information content (AvgIpc) is 2.60. The molecule has 2 amide bonds. The summed E-state index contributed by atoms with van der Waals surface area (Å²) in [5.41, 5.74) is 0. The highest BCUT2D eigenvalue weighted by molar-refractivity contribution is 5.73. The van der Waals surface area contributed by atoms with Gasteiger partial charge in [-0.3, -0.25) is 4.90 Å². The second kappa shape index (κ2) is 5.89. The molecule has 104 valence electrons. The van der Waals surface area contributed by atoms with Crippen molar-refractivity contribution in [3.8, 4) is 0 Å². The van der Waals surface area contributed by atoms with Crippen LogP contribution in [0.5, 0.6) is 0 Å². The number of fused-ring (bicyclic) bond motifs is 2. The van der Waals surface area contributed by atoms with Crippen molar-refractivity contribution in [2.24, 2.45) is 0 Å². The summed E-state index contributed by atoms with van der Waals surface area (Å²) in [6, 6.07) is 2.14. The minimum atomic E-state index is 0.00691. The zero-order valence-corrected chi connectivity index (χ0v) is 11.8. The molecule has 0 radical (unpaired) electrons. The Morgan fingerprint density at radius 2 is 1.89 bits per heavy atom. The second-order valence-corrected chi connectivity index (χ2v) is 5.71. The summed E-state index contributed by atoms with van der Waals surface area (Å²) in [7, 11) is 5.62. The normalized spacial score (nSPS) is 31.4. The minimum absolute atomic E-state index is 0.00691. The zero-order valence-electron chi connectivity index (χ0n) is 11.8. The van der Waals surface area contributed by atoms with Gasteiger partial charge in [-0.1, -0.05) is 0 Å². The average molecular weight is 254 g/mol. The molecule has 0 saturated carbocycles. The largest absolute Gasteiger partial charge is 0.337 e. The van der Waals surface area contributed by atoms with Crippen molar-refractivity contribution in [1.29, 1.82) is 0 Å². The Bertz CT molecular complexity index is 281. The van der Waals surface area contributed by atoms with E-state index in [1.165, 1.54) is 25.7 Å². The molecule has 2 atom stereocenters. The molecule has 2 fully saturated rings. The van der Waals surface area contributed by atoms with Crippen molar-refractivity contribution < 1.29 is 4.79 Å². The summed E-state index contributed by atoms with van der Waals surface area (Å²) in [5.74, 6) is 0. The SMILES string of the molecule is CNC1CC2CCC(C1)N2CCNC(=O)N(C)C. The van der Waals surface area contributed by atoms with Gasteiger partial charge in [-0.05, 0) is 32.7 Å². The van der Waals surface area contributed by atoms with Gasteiger partial charge < -0.3 is 15.5 Å². The van der Waals surface area contributed by atoms with Gasteiger partial charge >= 0.3 is 6.03 Å². The Morgan fingerprint density at radius 3 is 2.39 bits per heavy atom. The maximum atomic E-state index is 11.4. The van der Waals surface area contributed by atoms with Crippen molar-refractivity contribution in [2.75, 3.05) is 34.2 Å². The molecule has 0 aromatic carbocycles. The lowest BCUT2D eigenvalue weighted by molar-refractivity contribution is 0.120. The Hall–Kier alpha value is -0.810. The van der Waals surface area contributed by atoms with E-state index in [0.29, 0.717) is 6.04 Å². The number of rotatable bonds is 4. The number of piperidine rings is 1. The van der Waals surface area contributed by atoms with Gasteiger partial charge in [-0.15, -0.1) is 0 Å². The number of amides is 2. The van der Waals surface area contributed by atoms with E-state index < -0.39 is 0 Å². The number of nitrogens with one attached hydrogen (secondary N) is 2. The summed E-state index contributed by atoms with van der Waals surface area (Å²) in [4.78, 5) is 15.6. The topological polar surface area (TPSA) is 47.6 Å². The number of carbonyl (C=O) groups is 1. The molecular formula is C13H26N4O. The Kier molecular flexibility index (Phi) is 4.45. The predicted octanol–water partition coefficient (Wildman–Crippen LogP) is 0.472. The third-order valence-corrected chi connectivity index (χ3v) is 4.34. The number of hydrogen-bond acceptors (Lipinski definition) is 3. The molecule has 0 aliphatic carbocycles. The number of nitrogens with zero attached hydrogens (tertiary/aromatic N) is 2. The number of hydrogen-bond donors (Lipinski definition) is 2. The van der Waals surface area contributed by atoms with Crippen LogP contribution in [0.25, 0.3) is 0 Å². The van der Waals surface area contributed by atoms with Gasteiger partial charge in [0.05, 0.1) is 0 Å². The van der Waals surface area contributed by atoms with Crippen LogP contribution in [0.3, 0.4) is 0 Å². The lowest BCUT2D eigenvalue weighted by atomic mass is 9.97. The fraction of sp³-hybridized carbons (Fsp3) is 0.923. The summed E-state index contributed by atoms with van der Waals surface area (Å²) in [5, 5.41) is 6.36. The van der Waals surface area contributed by atoms with E-state index in [1.807, 2.05) is 0 Å². The molecule has 2 N–H and O–H groups in total. The monoisotopic (exact) mass is 254 g/mol. The molecule has 5 nitrogen and oxygen atoms in total. The molecule has 2 rings (SSSR count). The van der Waals surface area contributed by atoms with Gasteiger partial charge in [0.25, 0.3) is 0 Å². The van der Waals surface area contributed by atoms with Crippen LogP contribution in [0.15, 0.2) is 0 Å². The summed E-state index contributed by atoms with van der Waals surface area (Å²) >= 11 is 0. The van der Waals surface area contributed by atoms with E-state index in [0.717, 1.165) is 25.2 Å². The van der Waals surface area contributed by atoms with E-state index >= 15 is 0 Å². The van der Waals surface area contributed by atoms with Crippen LogP contribution in [0.1, 0.15) is 25.7 Å².